The van der Waals surface area contributed by atoms with Gasteiger partial charge in [-0.3, -0.25) is 0 Å². The second kappa shape index (κ2) is 4.76. The minimum Gasteiger partial charge on any atom is -0.490 e. The second-order valence-corrected chi connectivity index (χ2v) is 4.23. The number of fused-ring (bicyclic) bond motifs is 2. The minimum absolute atomic E-state index is 0.325. The van der Waals surface area contributed by atoms with Gasteiger partial charge in [0.05, 0.1) is 17.8 Å². The highest BCUT2D eigenvalue weighted by Gasteiger charge is 2.13. The van der Waals surface area contributed by atoms with Crippen molar-refractivity contribution in [3.05, 3.63) is 30.0 Å². The average Bonchev–Trinajstić information content (AvgIpc) is 2.44. The van der Waals surface area contributed by atoms with E-state index in [0.29, 0.717) is 18.9 Å². The predicted molar refractivity (Wildman–Crippen MR) is 71.7 cm³/mol. The molecule has 5 heteroatoms. The molecule has 2 heterocycles. The zero-order valence-corrected chi connectivity index (χ0v) is 10.6. The standard InChI is InChI=1S/C14H14N2O3/c1-2-18-14(17)10-4-3-9-7-13-12(8-11(9)16-10)15-5-6-19-13/h3-4,7-8,15H,2,5-6H2,1H3. The predicted octanol–water partition coefficient (Wildman–Crippen LogP) is 2.22. The van der Waals surface area contributed by atoms with Crippen LogP contribution >= 0.6 is 0 Å². The number of aromatic nitrogens is 1. The van der Waals surface area contributed by atoms with Gasteiger partial charge < -0.3 is 14.8 Å². The van der Waals surface area contributed by atoms with Crippen molar-refractivity contribution in [2.75, 3.05) is 25.1 Å². The lowest BCUT2D eigenvalue weighted by atomic mass is 10.1. The summed E-state index contributed by atoms with van der Waals surface area (Å²) in [5, 5.41) is 4.19. The smallest absolute Gasteiger partial charge is 0.356 e. The number of hydrogen-bond acceptors (Lipinski definition) is 5. The molecule has 0 atom stereocenters. The summed E-state index contributed by atoms with van der Waals surface area (Å²) in [6.07, 6.45) is 0. The molecule has 1 aliphatic heterocycles. The van der Waals surface area contributed by atoms with Crippen molar-refractivity contribution in [2.45, 2.75) is 6.92 Å². The lowest BCUT2D eigenvalue weighted by Crippen LogP contribution is -2.18. The summed E-state index contributed by atoms with van der Waals surface area (Å²) in [7, 11) is 0. The molecule has 0 fully saturated rings. The molecule has 3 rings (SSSR count). The number of hydrogen-bond donors (Lipinski definition) is 1. The van der Waals surface area contributed by atoms with E-state index in [0.717, 1.165) is 28.9 Å². The molecule has 1 N–H and O–H groups in total. The van der Waals surface area contributed by atoms with Crippen molar-refractivity contribution in [3.63, 3.8) is 0 Å². The highest BCUT2D eigenvalue weighted by molar-refractivity contribution is 5.92. The minimum atomic E-state index is -0.397. The van der Waals surface area contributed by atoms with E-state index >= 15 is 0 Å². The summed E-state index contributed by atoms with van der Waals surface area (Å²) < 4.78 is 10.5. The normalized spacial score (nSPS) is 13.3. The van der Waals surface area contributed by atoms with Crippen molar-refractivity contribution in [2.24, 2.45) is 0 Å². The number of ether oxygens (including phenoxy) is 2. The van der Waals surface area contributed by atoms with Gasteiger partial charge in [0, 0.05) is 11.9 Å². The van der Waals surface area contributed by atoms with Crippen LogP contribution in [-0.4, -0.2) is 30.7 Å². The highest BCUT2D eigenvalue weighted by Crippen LogP contribution is 2.31. The van der Waals surface area contributed by atoms with Gasteiger partial charge in [0.25, 0.3) is 0 Å². The van der Waals surface area contributed by atoms with Crippen LogP contribution in [0.2, 0.25) is 0 Å². The monoisotopic (exact) mass is 258 g/mol. The van der Waals surface area contributed by atoms with Gasteiger partial charge in [-0.1, -0.05) is 6.07 Å². The first kappa shape index (κ1) is 11.8. The van der Waals surface area contributed by atoms with Crippen LogP contribution in [0, 0.1) is 0 Å². The maximum Gasteiger partial charge on any atom is 0.356 e. The third kappa shape index (κ3) is 2.19. The van der Waals surface area contributed by atoms with Crippen LogP contribution in [-0.2, 0) is 4.74 Å². The van der Waals surface area contributed by atoms with Crippen molar-refractivity contribution in [1.29, 1.82) is 0 Å². The van der Waals surface area contributed by atoms with Gasteiger partial charge in [-0.15, -0.1) is 0 Å². The third-order valence-electron chi connectivity index (χ3n) is 2.95. The Kier molecular flexibility index (Phi) is 2.95. The van der Waals surface area contributed by atoms with E-state index in [1.807, 2.05) is 18.2 Å². The number of esters is 1. The molecular formula is C14H14N2O3. The number of carbonyl (C=O) groups is 1. The Bertz CT molecular complexity index is 640. The maximum atomic E-state index is 11.7. The number of carbonyl (C=O) groups excluding carboxylic acids is 1. The first-order valence-electron chi connectivity index (χ1n) is 6.26. The van der Waals surface area contributed by atoms with Gasteiger partial charge in [-0.25, -0.2) is 9.78 Å². The molecule has 0 aliphatic carbocycles. The van der Waals surface area contributed by atoms with Crippen molar-refractivity contribution in [1.82, 2.24) is 4.98 Å². The quantitative estimate of drug-likeness (QED) is 0.837. The number of pyridine rings is 1. The molecule has 0 spiro atoms. The number of benzene rings is 1. The molecule has 0 saturated carbocycles. The molecule has 1 aromatic carbocycles. The zero-order chi connectivity index (χ0) is 13.2. The molecule has 0 unspecified atom stereocenters. The summed E-state index contributed by atoms with van der Waals surface area (Å²) >= 11 is 0. The molecular weight excluding hydrogens is 244 g/mol. The Morgan fingerprint density at radius 3 is 3.21 bits per heavy atom. The topological polar surface area (TPSA) is 60.5 Å². The number of nitrogens with zero attached hydrogens (tertiary/aromatic N) is 1. The molecule has 0 bridgehead atoms. The second-order valence-electron chi connectivity index (χ2n) is 4.23. The van der Waals surface area contributed by atoms with Crippen LogP contribution in [0.4, 0.5) is 5.69 Å². The van der Waals surface area contributed by atoms with E-state index in [1.165, 1.54) is 0 Å². The van der Waals surface area contributed by atoms with E-state index in [1.54, 1.807) is 13.0 Å². The summed E-state index contributed by atoms with van der Waals surface area (Å²) in [4.78, 5) is 16.0. The first-order valence-corrected chi connectivity index (χ1v) is 6.26. The Morgan fingerprint density at radius 1 is 1.47 bits per heavy atom. The summed E-state index contributed by atoms with van der Waals surface area (Å²) in [5.74, 6) is 0.427. The molecule has 5 nitrogen and oxygen atoms in total. The van der Waals surface area contributed by atoms with Crippen molar-refractivity contribution >= 4 is 22.6 Å². The van der Waals surface area contributed by atoms with E-state index in [4.69, 9.17) is 9.47 Å². The van der Waals surface area contributed by atoms with Gasteiger partial charge in [-0.05, 0) is 25.1 Å². The number of rotatable bonds is 2. The molecule has 0 radical (unpaired) electrons. The highest BCUT2D eigenvalue weighted by atomic mass is 16.5. The third-order valence-corrected chi connectivity index (χ3v) is 2.95. The van der Waals surface area contributed by atoms with Crippen LogP contribution in [0.1, 0.15) is 17.4 Å². The number of anilines is 1. The van der Waals surface area contributed by atoms with Crippen molar-refractivity contribution in [3.8, 4) is 5.75 Å². The summed E-state index contributed by atoms with van der Waals surface area (Å²) in [6, 6.07) is 7.35. The van der Waals surface area contributed by atoms with Crippen LogP contribution in [0.5, 0.6) is 5.75 Å². The van der Waals surface area contributed by atoms with Crippen molar-refractivity contribution < 1.29 is 14.3 Å². The van der Waals surface area contributed by atoms with Gasteiger partial charge in [0.15, 0.2) is 0 Å². The summed E-state index contributed by atoms with van der Waals surface area (Å²) in [6.45, 7) is 3.55. The fraction of sp³-hybridized carbons (Fsp3) is 0.286. The van der Waals surface area contributed by atoms with E-state index in [2.05, 4.69) is 10.3 Å². The molecule has 0 amide bonds. The fourth-order valence-corrected chi connectivity index (χ4v) is 2.07. The van der Waals surface area contributed by atoms with Gasteiger partial charge in [0.2, 0.25) is 0 Å². The number of nitrogens with one attached hydrogen (secondary N) is 1. The zero-order valence-electron chi connectivity index (χ0n) is 10.6. The molecule has 1 aliphatic rings. The fourth-order valence-electron chi connectivity index (χ4n) is 2.07. The molecule has 0 saturated heterocycles. The van der Waals surface area contributed by atoms with Crippen LogP contribution < -0.4 is 10.1 Å². The lowest BCUT2D eigenvalue weighted by molar-refractivity contribution is 0.0520. The van der Waals surface area contributed by atoms with Crippen LogP contribution in [0.3, 0.4) is 0 Å². The van der Waals surface area contributed by atoms with E-state index in [9.17, 15) is 4.79 Å². The Labute approximate surface area is 110 Å². The maximum absolute atomic E-state index is 11.7. The van der Waals surface area contributed by atoms with E-state index in [-0.39, 0.29) is 0 Å². The Hall–Kier alpha value is -2.30. The largest absolute Gasteiger partial charge is 0.490 e. The molecule has 2 aromatic rings. The Balaban J connectivity index is 2.05. The van der Waals surface area contributed by atoms with Gasteiger partial charge in [0.1, 0.15) is 18.1 Å². The van der Waals surface area contributed by atoms with Crippen LogP contribution in [0.15, 0.2) is 24.3 Å². The summed E-state index contributed by atoms with van der Waals surface area (Å²) in [5.41, 5.74) is 1.99. The van der Waals surface area contributed by atoms with E-state index < -0.39 is 5.97 Å². The van der Waals surface area contributed by atoms with Gasteiger partial charge in [-0.2, -0.15) is 0 Å². The molecule has 98 valence electrons. The van der Waals surface area contributed by atoms with Gasteiger partial charge >= 0.3 is 5.97 Å². The molecule has 1 aromatic heterocycles. The lowest BCUT2D eigenvalue weighted by Gasteiger charge is -2.19. The Morgan fingerprint density at radius 2 is 2.37 bits per heavy atom. The molecule has 19 heavy (non-hydrogen) atoms. The first-order chi connectivity index (χ1) is 9.28. The van der Waals surface area contributed by atoms with Crippen LogP contribution in [0.25, 0.3) is 10.9 Å². The SMILES string of the molecule is CCOC(=O)c1ccc2cc3c(cc2n1)NCCO3. The average molecular weight is 258 g/mol.